The van der Waals surface area contributed by atoms with Gasteiger partial charge in [-0.15, -0.1) is 0 Å². The number of hydrogen-bond acceptors (Lipinski definition) is 2. The molecule has 0 N–H and O–H groups in total. The van der Waals surface area contributed by atoms with Gasteiger partial charge in [0, 0.05) is 6.20 Å². The number of pyridine rings is 1. The maximum Gasteiger partial charge on any atom is 0.234 e. The van der Waals surface area contributed by atoms with E-state index in [0.29, 0.717) is 5.69 Å². The Hall–Kier alpha value is -0.765. The molecule has 50 valence electrons. The topological polar surface area (TPSA) is 30.0 Å². The highest BCUT2D eigenvalue weighted by Crippen LogP contribution is 1.95. The van der Waals surface area contributed by atoms with Crippen LogP contribution < -0.4 is 5.46 Å². The van der Waals surface area contributed by atoms with E-state index in [-0.39, 0.29) is 5.12 Å². The van der Waals surface area contributed by atoms with Crippen LogP contribution in [-0.2, 0) is 0 Å². The number of carbonyl (C=O) groups excluding carboxylic acids is 1. The van der Waals surface area contributed by atoms with E-state index in [1.165, 1.54) is 0 Å². The minimum atomic E-state index is -0.292. The lowest BCUT2D eigenvalue weighted by molar-refractivity contribution is 0.108. The summed E-state index contributed by atoms with van der Waals surface area (Å²) in [7, 11) is 1.92. The van der Waals surface area contributed by atoms with Crippen molar-refractivity contribution in [2.75, 3.05) is 0 Å². The summed E-state index contributed by atoms with van der Waals surface area (Å²) in [5.74, 6) is 0. The van der Waals surface area contributed by atoms with Crippen LogP contribution in [0.3, 0.4) is 0 Å². The van der Waals surface area contributed by atoms with Crippen molar-refractivity contribution < 1.29 is 4.79 Å². The number of carbonyl (C=O) groups is 1. The van der Waals surface area contributed by atoms with Gasteiger partial charge in [0.25, 0.3) is 0 Å². The van der Waals surface area contributed by atoms with Gasteiger partial charge in [-0.25, -0.2) is 0 Å². The Morgan fingerprint density at radius 1 is 1.60 bits per heavy atom. The molecule has 0 aliphatic rings. The molecule has 0 aliphatic heterocycles. The van der Waals surface area contributed by atoms with Crippen molar-refractivity contribution in [3.05, 3.63) is 24.0 Å². The predicted octanol–water partition coefficient (Wildman–Crippen LogP) is -0.590. The summed E-state index contributed by atoms with van der Waals surface area (Å²) in [6.45, 7) is 0. The second-order valence-corrected chi connectivity index (χ2v) is 2.43. The van der Waals surface area contributed by atoms with Crippen molar-refractivity contribution in [1.82, 2.24) is 4.98 Å². The first-order chi connectivity index (χ1) is 4.70. The van der Waals surface area contributed by atoms with E-state index < -0.39 is 0 Å². The highest BCUT2D eigenvalue weighted by atomic mass is 32.1. The molecule has 0 fully saturated rings. The SMILES string of the molecule is Bc1ccc(C(=O)S)nc1. The molecule has 1 aromatic rings. The molecule has 0 atom stereocenters. The largest absolute Gasteiger partial charge is 0.280 e. The van der Waals surface area contributed by atoms with Gasteiger partial charge in [0.15, 0.2) is 0 Å². The van der Waals surface area contributed by atoms with E-state index in [9.17, 15) is 4.79 Å². The smallest absolute Gasteiger partial charge is 0.234 e. The predicted molar refractivity (Wildman–Crippen MR) is 45.7 cm³/mol. The van der Waals surface area contributed by atoms with E-state index in [0.717, 1.165) is 5.46 Å². The van der Waals surface area contributed by atoms with Crippen molar-refractivity contribution >= 4 is 31.1 Å². The molecule has 0 unspecified atom stereocenters. The van der Waals surface area contributed by atoms with Crippen LogP contribution in [0.5, 0.6) is 0 Å². The monoisotopic (exact) mass is 151 g/mol. The van der Waals surface area contributed by atoms with E-state index in [2.05, 4.69) is 17.6 Å². The van der Waals surface area contributed by atoms with Gasteiger partial charge < -0.3 is 0 Å². The summed E-state index contributed by atoms with van der Waals surface area (Å²) in [4.78, 5) is 14.4. The number of rotatable bonds is 1. The van der Waals surface area contributed by atoms with E-state index >= 15 is 0 Å². The molecule has 10 heavy (non-hydrogen) atoms. The molecule has 0 radical (unpaired) electrons. The highest BCUT2D eigenvalue weighted by molar-refractivity contribution is 7.97. The van der Waals surface area contributed by atoms with Crippen LogP contribution >= 0.6 is 12.6 Å². The molecule has 4 heteroatoms. The number of hydrogen-bond donors (Lipinski definition) is 1. The van der Waals surface area contributed by atoms with E-state index in [1.54, 1.807) is 12.3 Å². The average Bonchev–Trinajstić information content (AvgIpc) is 1.88. The second kappa shape index (κ2) is 2.88. The normalized spacial score (nSPS) is 9.30. The molecular weight excluding hydrogens is 145 g/mol. The van der Waals surface area contributed by atoms with Crippen LogP contribution in [0, 0.1) is 0 Å². The molecule has 0 saturated heterocycles. The Kier molecular flexibility index (Phi) is 2.11. The van der Waals surface area contributed by atoms with Gasteiger partial charge in [-0.3, -0.25) is 9.78 Å². The zero-order valence-electron chi connectivity index (χ0n) is 5.53. The van der Waals surface area contributed by atoms with Gasteiger partial charge in [0.2, 0.25) is 5.12 Å². The van der Waals surface area contributed by atoms with Crippen molar-refractivity contribution in [2.24, 2.45) is 0 Å². The lowest BCUT2D eigenvalue weighted by Crippen LogP contribution is -2.04. The zero-order valence-corrected chi connectivity index (χ0v) is 6.43. The van der Waals surface area contributed by atoms with Gasteiger partial charge in [-0.2, -0.15) is 0 Å². The maximum atomic E-state index is 10.6. The van der Waals surface area contributed by atoms with Crippen molar-refractivity contribution in [2.45, 2.75) is 0 Å². The fourth-order valence-corrected chi connectivity index (χ4v) is 0.727. The van der Waals surface area contributed by atoms with Crippen molar-refractivity contribution in [3.8, 4) is 0 Å². The van der Waals surface area contributed by atoms with Gasteiger partial charge >= 0.3 is 0 Å². The fourth-order valence-electron chi connectivity index (χ4n) is 0.594. The third-order valence-electron chi connectivity index (χ3n) is 1.13. The molecule has 2 nitrogen and oxygen atoms in total. The first kappa shape index (κ1) is 7.34. The summed E-state index contributed by atoms with van der Waals surface area (Å²) in [6.07, 6.45) is 1.64. The van der Waals surface area contributed by atoms with Crippen LogP contribution in [-0.4, -0.2) is 17.9 Å². The standard InChI is InChI=1S/C6H6BNOS/c7-4-1-2-5(6(9)10)8-3-4/h1-3H,7H2,(H,9,10). The van der Waals surface area contributed by atoms with Gasteiger partial charge in [-0.1, -0.05) is 24.2 Å². The molecule has 1 aromatic heterocycles. The minimum absolute atomic E-state index is 0.292. The third-order valence-corrected chi connectivity index (χ3v) is 1.36. The molecular formula is C6H6BNOS. The quantitative estimate of drug-likeness (QED) is 0.429. The minimum Gasteiger partial charge on any atom is -0.280 e. The highest BCUT2D eigenvalue weighted by Gasteiger charge is 1.98. The second-order valence-electron chi connectivity index (χ2n) is 2.03. The molecule has 0 saturated carbocycles. The van der Waals surface area contributed by atoms with Crippen LogP contribution in [0.15, 0.2) is 18.3 Å². The summed E-state index contributed by atoms with van der Waals surface area (Å²) >= 11 is 3.62. The molecule has 0 bridgehead atoms. The molecule has 0 aliphatic carbocycles. The number of thiol groups is 1. The summed E-state index contributed by atoms with van der Waals surface area (Å²) < 4.78 is 0. The summed E-state index contributed by atoms with van der Waals surface area (Å²) in [6, 6.07) is 3.49. The zero-order chi connectivity index (χ0) is 7.56. The Morgan fingerprint density at radius 2 is 2.30 bits per heavy atom. The number of aromatic nitrogens is 1. The first-order valence-electron chi connectivity index (χ1n) is 2.86. The maximum absolute atomic E-state index is 10.6. The van der Waals surface area contributed by atoms with E-state index in [4.69, 9.17) is 0 Å². The van der Waals surface area contributed by atoms with Gasteiger partial charge in [0.05, 0.1) is 0 Å². The van der Waals surface area contributed by atoms with Crippen LogP contribution in [0.1, 0.15) is 10.5 Å². The summed E-state index contributed by atoms with van der Waals surface area (Å²) in [5.41, 5.74) is 1.44. The Balaban J connectivity index is 3.00. The first-order valence-corrected chi connectivity index (χ1v) is 3.31. The van der Waals surface area contributed by atoms with Crippen molar-refractivity contribution in [3.63, 3.8) is 0 Å². The van der Waals surface area contributed by atoms with Crippen molar-refractivity contribution in [1.29, 1.82) is 0 Å². The molecule has 0 amide bonds. The van der Waals surface area contributed by atoms with Crippen LogP contribution in [0.25, 0.3) is 0 Å². The molecule has 1 heterocycles. The molecule has 0 aromatic carbocycles. The van der Waals surface area contributed by atoms with Crippen LogP contribution in [0.4, 0.5) is 0 Å². The third kappa shape index (κ3) is 1.61. The Bertz CT molecular complexity index is 246. The van der Waals surface area contributed by atoms with Gasteiger partial charge in [0.1, 0.15) is 13.5 Å². The lowest BCUT2D eigenvalue weighted by Gasteiger charge is -1.92. The van der Waals surface area contributed by atoms with Crippen LogP contribution in [0.2, 0.25) is 0 Å². The molecule has 1 rings (SSSR count). The number of nitrogens with zero attached hydrogens (tertiary/aromatic N) is 1. The lowest BCUT2D eigenvalue weighted by atomic mass is 9.99. The van der Waals surface area contributed by atoms with Gasteiger partial charge in [-0.05, 0) is 6.07 Å². The molecule has 0 spiro atoms. The van der Waals surface area contributed by atoms with E-state index in [1.807, 2.05) is 13.9 Å². The Labute approximate surface area is 65.5 Å². The Morgan fingerprint density at radius 3 is 2.70 bits per heavy atom. The fraction of sp³-hybridized carbons (Fsp3) is 0. The summed E-state index contributed by atoms with van der Waals surface area (Å²) in [5, 5.41) is -0.292. The average molecular weight is 151 g/mol.